The van der Waals surface area contributed by atoms with Gasteiger partial charge >= 0.3 is 0 Å². The van der Waals surface area contributed by atoms with Crippen LogP contribution in [-0.4, -0.2) is 13.0 Å². The normalized spacial score (nSPS) is 22.8. The van der Waals surface area contributed by atoms with Crippen LogP contribution in [0.1, 0.15) is 62.6 Å². The minimum Gasteiger partial charge on any atom is -0.323 e. The molecule has 1 aliphatic heterocycles. The molecule has 1 fully saturated rings. The van der Waals surface area contributed by atoms with E-state index in [1.165, 1.54) is 43.2 Å². The van der Waals surface area contributed by atoms with Gasteiger partial charge < -0.3 is 10.6 Å². The zero-order valence-electron chi connectivity index (χ0n) is 13.2. The van der Waals surface area contributed by atoms with Crippen molar-refractivity contribution in [2.45, 2.75) is 57.9 Å². The maximum absolute atomic E-state index is 11.8. The second kappa shape index (κ2) is 5.45. The number of rotatable bonds is 2. The van der Waals surface area contributed by atoms with Gasteiger partial charge in [-0.05, 0) is 41.9 Å². The van der Waals surface area contributed by atoms with Crippen LogP contribution in [0.15, 0.2) is 18.2 Å². The largest absolute Gasteiger partial charge is 0.323 e. The van der Waals surface area contributed by atoms with E-state index in [9.17, 15) is 4.79 Å². The Bertz CT molecular complexity index is 546. The van der Waals surface area contributed by atoms with Crippen molar-refractivity contribution >= 4 is 11.6 Å². The van der Waals surface area contributed by atoms with Crippen molar-refractivity contribution in [3.05, 3.63) is 29.3 Å². The number of amides is 1. The molecule has 1 aromatic carbocycles. The summed E-state index contributed by atoms with van der Waals surface area (Å²) in [7, 11) is 1.86. The Labute approximate surface area is 127 Å². The number of fused-ring (bicyclic) bond motifs is 1. The lowest BCUT2D eigenvalue weighted by atomic mass is 9.69. The summed E-state index contributed by atoms with van der Waals surface area (Å²) in [5.74, 6) is 0.207. The van der Waals surface area contributed by atoms with E-state index in [-0.39, 0.29) is 17.4 Å². The zero-order chi connectivity index (χ0) is 15.0. The van der Waals surface area contributed by atoms with Gasteiger partial charge in [0, 0.05) is 25.2 Å². The second-order valence-electron chi connectivity index (χ2n) is 7.03. The molecule has 1 heterocycles. The fraction of sp³-hybridized carbons (Fsp3) is 0.611. The van der Waals surface area contributed by atoms with Gasteiger partial charge in [0.05, 0.1) is 0 Å². The first-order valence-electron chi connectivity index (χ1n) is 8.16. The standard InChI is InChI=1S/C18H26N2O/c1-18(10-4-3-5-11-18)17(19)14-6-8-15-13(12-14)7-9-16(21)20(15)2/h6,8,12,17H,3-5,7,9-11,19H2,1-2H3. The molecule has 2 N–H and O–H groups in total. The van der Waals surface area contributed by atoms with Gasteiger partial charge in [0.15, 0.2) is 0 Å². The molecular weight excluding hydrogens is 260 g/mol. The Morgan fingerprint density at radius 2 is 1.90 bits per heavy atom. The van der Waals surface area contributed by atoms with Crippen molar-refractivity contribution in [1.82, 2.24) is 0 Å². The molecule has 3 nitrogen and oxygen atoms in total. The number of hydrogen-bond acceptors (Lipinski definition) is 2. The molecule has 1 saturated carbocycles. The molecule has 0 bridgehead atoms. The Morgan fingerprint density at radius 1 is 1.19 bits per heavy atom. The molecule has 1 amide bonds. The van der Waals surface area contributed by atoms with Gasteiger partial charge in [-0.25, -0.2) is 0 Å². The quantitative estimate of drug-likeness (QED) is 0.903. The summed E-state index contributed by atoms with van der Waals surface area (Å²) < 4.78 is 0. The van der Waals surface area contributed by atoms with Crippen molar-refractivity contribution in [2.75, 3.05) is 11.9 Å². The van der Waals surface area contributed by atoms with Crippen LogP contribution < -0.4 is 10.6 Å². The first kappa shape index (κ1) is 14.6. The van der Waals surface area contributed by atoms with Crippen molar-refractivity contribution in [1.29, 1.82) is 0 Å². The number of aryl methyl sites for hydroxylation is 1. The third-order valence-corrected chi connectivity index (χ3v) is 5.55. The molecular formula is C18H26N2O. The van der Waals surface area contributed by atoms with Gasteiger partial charge in [-0.1, -0.05) is 38.3 Å². The van der Waals surface area contributed by atoms with E-state index < -0.39 is 0 Å². The number of carbonyl (C=O) groups is 1. The minimum atomic E-state index is 0.103. The van der Waals surface area contributed by atoms with Crippen LogP contribution in [0.3, 0.4) is 0 Å². The number of nitrogens with zero attached hydrogens (tertiary/aromatic N) is 1. The fourth-order valence-electron chi connectivity index (χ4n) is 3.94. The Morgan fingerprint density at radius 3 is 2.62 bits per heavy atom. The Hall–Kier alpha value is -1.35. The highest BCUT2D eigenvalue weighted by Crippen LogP contribution is 2.45. The van der Waals surface area contributed by atoms with Crippen LogP contribution in [0.2, 0.25) is 0 Å². The van der Waals surface area contributed by atoms with E-state index in [1.54, 1.807) is 4.90 Å². The molecule has 0 aromatic heterocycles. The van der Waals surface area contributed by atoms with E-state index in [0.717, 1.165) is 12.1 Å². The van der Waals surface area contributed by atoms with Gasteiger partial charge in [0.2, 0.25) is 5.91 Å². The molecule has 21 heavy (non-hydrogen) atoms. The predicted octanol–water partition coefficient (Wildman–Crippen LogP) is 3.57. The number of hydrogen-bond donors (Lipinski definition) is 1. The SMILES string of the molecule is CN1C(=O)CCc2cc(C(N)C3(C)CCCCC3)ccc21. The molecule has 114 valence electrons. The van der Waals surface area contributed by atoms with Crippen molar-refractivity contribution in [2.24, 2.45) is 11.1 Å². The van der Waals surface area contributed by atoms with Gasteiger partial charge in [-0.15, -0.1) is 0 Å². The summed E-state index contributed by atoms with van der Waals surface area (Å²) in [5.41, 5.74) is 10.4. The monoisotopic (exact) mass is 286 g/mol. The molecule has 1 aliphatic carbocycles. The van der Waals surface area contributed by atoms with Crippen LogP contribution >= 0.6 is 0 Å². The number of anilines is 1. The Balaban J connectivity index is 1.88. The molecule has 3 rings (SSSR count). The van der Waals surface area contributed by atoms with Gasteiger partial charge in [-0.3, -0.25) is 4.79 Å². The summed E-state index contributed by atoms with van der Waals surface area (Å²) >= 11 is 0. The highest BCUT2D eigenvalue weighted by molar-refractivity contribution is 5.95. The van der Waals surface area contributed by atoms with Crippen molar-refractivity contribution in [3.8, 4) is 0 Å². The third-order valence-electron chi connectivity index (χ3n) is 5.55. The lowest BCUT2D eigenvalue weighted by Crippen LogP contribution is -2.35. The van der Waals surface area contributed by atoms with Crippen molar-refractivity contribution < 1.29 is 4.79 Å². The Kier molecular flexibility index (Phi) is 3.78. The van der Waals surface area contributed by atoms with Crippen LogP contribution in [-0.2, 0) is 11.2 Å². The molecule has 0 spiro atoms. The predicted molar refractivity (Wildman–Crippen MR) is 86.3 cm³/mol. The molecule has 1 aromatic rings. The highest BCUT2D eigenvalue weighted by atomic mass is 16.2. The number of nitrogens with two attached hydrogens (primary N) is 1. The molecule has 1 unspecified atom stereocenters. The van der Waals surface area contributed by atoms with Gasteiger partial charge in [0.25, 0.3) is 0 Å². The first-order chi connectivity index (χ1) is 10.0. The fourth-order valence-corrected chi connectivity index (χ4v) is 3.94. The van der Waals surface area contributed by atoms with E-state index in [4.69, 9.17) is 5.73 Å². The summed E-state index contributed by atoms with van der Waals surface area (Å²) in [4.78, 5) is 13.5. The van der Waals surface area contributed by atoms with Crippen LogP contribution in [0, 0.1) is 5.41 Å². The molecule has 2 aliphatic rings. The average Bonchev–Trinajstić information content (AvgIpc) is 2.51. The zero-order valence-corrected chi connectivity index (χ0v) is 13.2. The van der Waals surface area contributed by atoms with Gasteiger partial charge in [-0.2, -0.15) is 0 Å². The summed E-state index contributed by atoms with van der Waals surface area (Å²) in [6.07, 6.45) is 7.85. The van der Waals surface area contributed by atoms with Crippen molar-refractivity contribution in [3.63, 3.8) is 0 Å². The first-order valence-corrected chi connectivity index (χ1v) is 8.16. The van der Waals surface area contributed by atoms with E-state index in [1.807, 2.05) is 7.05 Å². The number of carbonyl (C=O) groups excluding carboxylic acids is 1. The topological polar surface area (TPSA) is 46.3 Å². The van der Waals surface area contributed by atoms with E-state index >= 15 is 0 Å². The minimum absolute atomic E-state index is 0.103. The van der Waals surface area contributed by atoms with Gasteiger partial charge in [0.1, 0.15) is 0 Å². The maximum Gasteiger partial charge on any atom is 0.227 e. The second-order valence-corrected chi connectivity index (χ2v) is 7.03. The molecule has 1 atom stereocenters. The summed E-state index contributed by atoms with van der Waals surface area (Å²) in [6, 6.07) is 6.54. The highest BCUT2D eigenvalue weighted by Gasteiger charge is 2.34. The molecule has 0 radical (unpaired) electrons. The smallest absolute Gasteiger partial charge is 0.227 e. The molecule has 0 saturated heterocycles. The average molecular weight is 286 g/mol. The lowest BCUT2D eigenvalue weighted by molar-refractivity contribution is -0.118. The van der Waals surface area contributed by atoms with Crippen LogP contribution in [0.25, 0.3) is 0 Å². The van der Waals surface area contributed by atoms with Crippen LogP contribution in [0.4, 0.5) is 5.69 Å². The van der Waals surface area contributed by atoms with Crippen LogP contribution in [0.5, 0.6) is 0 Å². The molecule has 3 heteroatoms. The lowest BCUT2D eigenvalue weighted by Gasteiger charge is -2.39. The summed E-state index contributed by atoms with van der Waals surface area (Å²) in [5, 5.41) is 0. The van der Waals surface area contributed by atoms with E-state index in [2.05, 4.69) is 25.1 Å². The number of benzene rings is 1. The third kappa shape index (κ3) is 2.59. The maximum atomic E-state index is 11.8. The summed E-state index contributed by atoms with van der Waals surface area (Å²) in [6.45, 7) is 2.34. The van der Waals surface area contributed by atoms with E-state index in [0.29, 0.717) is 6.42 Å².